The molecule has 1 unspecified atom stereocenters. The summed E-state index contributed by atoms with van der Waals surface area (Å²) in [6.45, 7) is 2.73. The summed E-state index contributed by atoms with van der Waals surface area (Å²) in [7, 11) is 1.90. The molecule has 0 bridgehead atoms. The lowest BCUT2D eigenvalue weighted by Crippen LogP contribution is -2.30. The van der Waals surface area contributed by atoms with Gasteiger partial charge in [-0.3, -0.25) is 10.1 Å². The van der Waals surface area contributed by atoms with Crippen molar-refractivity contribution in [3.05, 3.63) is 39.7 Å². The van der Waals surface area contributed by atoms with Crippen LogP contribution in [-0.4, -0.2) is 36.6 Å². The minimum atomic E-state index is -0.732. The van der Waals surface area contributed by atoms with Crippen molar-refractivity contribution in [1.29, 1.82) is 0 Å². The highest BCUT2D eigenvalue weighted by Crippen LogP contribution is 2.22. The highest BCUT2D eigenvalue weighted by molar-refractivity contribution is 5.36. The Hall–Kier alpha value is -1.53. The van der Waals surface area contributed by atoms with E-state index in [2.05, 4.69) is 0 Å². The molecule has 0 spiro atoms. The van der Waals surface area contributed by atoms with Crippen LogP contribution in [0, 0.1) is 21.8 Å². The monoisotopic (exact) mass is 282 g/mol. The number of nitro groups is 1. The molecule has 5 nitrogen and oxygen atoms in total. The highest BCUT2D eigenvalue weighted by Gasteiger charge is 2.20. The molecular weight excluding hydrogens is 263 g/mol. The van der Waals surface area contributed by atoms with Gasteiger partial charge >= 0.3 is 5.69 Å². The standard InChI is InChI=1S/C14H19FN2O3/c1-16(8-11-4-3-7-20-10-11)9-12-5-2-6-13(14(12)15)17(18)19/h2,5-6,11H,3-4,7-10H2,1H3. The van der Waals surface area contributed by atoms with E-state index in [4.69, 9.17) is 4.74 Å². The van der Waals surface area contributed by atoms with E-state index in [1.165, 1.54) is 12.1 Å². The number of ether oxygens (including phenoxy) is 1. The van der Waals surface area contributed by atoms with Crippen molar-refractivity contribution in [2.24, 2.45) is 5.92 Å². The van der Waals surface area contributed by atoms with Gasteiger partial charge in [0.05, 0.1) is 11.5 Å². The van der Waals surface area contributed by atoms with Crippen molar-refractivity contribution in [2.45, 2.75) is 19.4 Å². The molecule has 1 atom stereocenters. The second kappa shape index (κ2) is 6.76. The first kappa shape index (κ1) is 14.9. The van der Waals surface area contributed by atoms with Crippen LogP contribution in [0.25, 0.3) is 0 Å². The summed E-state index contributed by atoms with van der Waals surface area (Å²) in [6.07, 6.45) is 2.17. The summed E-state index contributed by atoms with van der Waals surface area (Å²) in [5.74, 6) is -0.278. The van der Waals surface area contributed by atoms with Crippen LogP contribution in [0.15, 0.2) is 18.2 Å². The van der Waals surface area contributed by atoms with Gasteiger partial charge in [-0.05, 0) is 25.8 Å². The minimum Gasteiger partial charge on any atom is -0.381 e. The Bertz CT molecular complexity index is 475. The summed E-state index contributed by atoms with van der Waals surface area (Å²) in [6, 6.07) is 4.30. The summed E-state index contributed by atoms with van der Waals surface area (Å²) < 4.78 is 19.4. The molecule has 0 N–H and O–H groups in total. The average Bonchev–Trinajstić information content (AvgIpc) is 2.42. The lowest BCUT2D eigenvalue weighted by Gasteiger charge is -2.27. The van der Waals surface area contributed by atoms with Crippen LogP contribution in [0.3, 0.4) is 0 Å². The van der Waals surface area contributed by atoms with E-state index in [0.29, 0.717) is 18.0 Å². The van der Waals surface area contributed by atoms with E-state index in [1.807, 2.05) is 11.9 Å². The van der Waals surface area contributed by atoms with Gasteiger partial charge in [0, 0.05) is 31.3 Å². The van der Waals surface area contributed by atoms with Crippen LogP contribution in [0.1, 0.15) is 18.4 Å². The Labute approximate surface area is 117 Å². The lowest BCUT2D eigenvalue weighted by molar-refractivity contribution is -0.387. The maximum atomic E-state index is 14.0. The maximum absolute atomic E-state index is 14.0. The molecule has 1 fully saturated rings. The zero-order valence-corrected chi connectivity index (χ0v) is 11.5. The highest BCUT2D eigenvalue weighted by atomic mass is 19.1. The molecule has 1 saturated heterocycles. The van der Waals surface area contributed by atoms with E-state index >= 15 is 0 Å². The Morgan fingerprint density at radius 1 is 1.55 bits per heavy atom. The second-order valence-corrected chi connectivity index (χ2v) is 5.29. The van der Waals surface area contributed by atoms with Crippen LogP contribution in [0.4, 0.5) is 10.1 Å². The zero-order chi connectivity index (χ0) is 14.5. The molecule has 1 aliphatic rings. The van der Waals surface area contributed by atoms with Crippen molar-refractivity contribution in [3.63, 3.8) is 0 Å². The van der Waals surface area contributed by atoms with Crippen molar-refractivity contribution < 1.29 is 14.1 Å². The molecule has 0 aliphatic carbocycles. The molecule has 6 heteroatoms. The number of rotatable bonds is 5. The van der Waals surface area contributed by atoms with E-state index in [0.717, 1.165) is 32.6 Å². The first-order valence-electron chi connectivity index (χ1n) is 6.76. The smallest absolute Gasteiger partial charge is 0.305 e. The Morgan fingerprint density at radius 2 is 2.35 bits per heavy atom. The lowest BCUT2D eigenvalue weighted by atomic mass is 10.0. The predicted molar refractivity (Wildman–Crippen MR) is 72.9 cm³/mol. The van der Waals surface area contributed by atoms with Gasteiger partial charge in [0.2, 0.25) is 5.82 Å². The number of halogens is 1. The molecule has 0 aromatic heterocycles. The Morgan fingerprint density at radius 3 is 3.00 bits per heavy atom. The fourth-order valence-corrected chi connectivity index (χ4v) is 2.58. The summed E-state index contributed by atoms with van der Waals surface area (Å²) in [4.78, 5) is 12.0. The molecule has 1 heterocycles. The molecule has 0 amide bonds. The van der Waals surface area contributed by atoms with E-state index in [-0.39, 0.29) is 0 Å². The first-order valence-corrected chi connectivity index (χ1v) is 6.76. The number of hydrogen-bond donors (Lipinski definition) is 0. The number of nitro benzene ring substituents is 1. The molecule has 1 aromatic carbocycles. The van der Waals surface area contributed by atoms with E-state index in [9.17, 15) is 14.5 Å². The summed E-state index contributed by atoms with van der Waals surface area (Å²) in [5.41, 5.74) is -0.102. The Balaban J connectivity index is 1.98. The minimum absolute atomic E-state index is 0.360. The topological polar surface area (TPSA) is 55.6 Å². The van der Waals surface area contributed by atoms with Gasteiger partial charge in [-0.1, -0.05) is 12.1 Å². The van der Waals surface area contributed by atoms with Crippen LogP contribution < -0.4 is 0 Å². The molecule has 1 aliphatic heterocycles. The van der Waals surface area contributed by atoms with Gasteiger partial charge in [-0.15, -0.1) is 0 Å². The van der Waals surface area contributed by atoms with Crippen LogP contribution in [-0.2, 0) is 11.3 Å². The van der Waals surface area contributed by atoms with Gasteiger partial charge in [-0.2, -0.15) is 4.39 Å². The molecule has 2 rings (SSSR count). The third-order valence-corrected chi connectivity index (χ3v) is 3.52. The third kappa shape index (κ3) is 3.74. The average molecular weight is 282 g/mol. The van der Waals surface area contributed by atoms with Crippen LogP contribution >= 0.6 is 0 Å². The molecule has 0 saturated carbocycles. The van der Waals surface area contributed by atoms with Gasteiger partial charge in [0.15, 0.2) is 0 Å². The number of benzene rings is 1. The SMILES string of the molecule is CN(Cc1cccc([N+](=O)[O-])c1F)CC1CCCOC1. The maximum Gasteiger partial charge on any atom is 0.305 e. The molecule has 110 valence electrons. The van der Waals surface area contributed by atoms with Crippen molar-refractivity contribution >= 4 is 5.69 Å². The first-order chi connectivity index (χ1) is 9.58. The number of hydrogen-bond acceptors (Lipinski definition) is 4. The van der Waals surface area contributed by atoms with Crippen molar-refractivity contribution in [2.75, 3.05) is 26.8 Å². The van der Waals surface area contributed by atoms with Crippen molar-refractivity contribution in [3.8, 4) is 0 Å². The molecule has 20 heavy (non-hydrogen) atoms. The second-order valence-electron chi connectivity index (χ2n) is 5.29. The van der Waals surface area contributed by atoms with Gasteiger partial charge in [-0.25, -0.2) is 0 Å². The molecule has 1 aromatic rings. The normalized spacial score (nSPS) is 19.2. The zero-order valence-electron chi connectivity index (χ0n) is 11.5. The molecule has 0 radical (unpaired) electrons. The predicted octanol–water partition coefficient (Wildman–Crippen LogP) is 2.59. The van der Waals surface area contributed by atoms with Gasteiger partial charge in [0.1, 0.15) is 0 Å². The molecular formula is C14H19FN2O3. The summed E-state index contributed by atoms with van der Waals surface area (Å²) >= 11 is 0. The van der Waals surface area contributed by atoms with Crippen LogP contribution in [0.5, 0.6) is 0 Å². The summed E-state index contributed by atoms with van der Waals surface area (Å²) in [5, 5.41) is 10.7. The van der Waals surface area contributed by atoms with E-state index in [1.54, 1.807) is 6.07 Å². The van der Waals surface area contributed by atoms with Gasteiger partial charge < -0.3 is 9.64 Å². The van der Waals surface area contributed by atoms with Crippen LogP contribution in [0.2, 0.25) is 0 Å². The Kier molecular flexibility index (Phi) is 5.03. The number of nitrogens with zero attached hydrogens (tertiary/aromatic N) is 2. The fourth-order valence-electron chi connectivity index (χ4n) is 2.58. The van der Waals surface area contributed by atoms with Gasteiger partial charge in [0.25, 0.3) is 0 Å². The van der Waals surface area contributed by atoms with E-state index < -0.39 is 16.4 Å². The van der Waals surface area contributed by atoms with Crippen molar-refractivity contribution in [1.82, 2.24) is 4.90 Å². The quantitative estimate of drug-likeness (QED) is 0.615. The largest absolute Gasteiger partial charge is 0.381 e. The fraction of sp³-hybridized carbons (Fsp3) is 0.571. The third-order valence-electron chi connectivity index (χ3n) is 3.52.